The van der Waals surface area contributed by atoms with Crippen LogP contribution < -0.4 is 10.2 Å². The van der Waals surface area contributed by atoms with E-state index >= 15 is 0 Å². The lowest BCUT2D eigenvalue weighted by Gasteiger charge is -2.30. The molecule has 6 nitrogen and oxygen atoms in total. The van der Waals surface area contributed by atoms with E-state index < -0.39 is 34.7 Å². The summed E-state index contributed by atoms with van der Waals surface area (Å²) in [5.74, 6) is -5.11. The van der Waals surface area contributed by atoms with E-state index in [0.29, 0.717) is 37.3 Å². The van der Waals surface area contributed by atoms with Crippen molar-refractivity contribution in [3.8, 4) is 0 Å². The van der Waals surface area contributed by atoms with Crippen molar-refractivity contribution < 1.29 is 22.4 Å². The van der Waals surface area contributed by atoms with E-state index in [1.54, 1.807) is 4.90 Å². The van der Waals surface area contributed by atoms with Crippen LogP contribution in [0.5, 0.6) is 0 Å². The molecule has 172 valence electrons. The summed E-state index contributed by atoms with van der Waals surface area (Å²) in [4.78, 5) is 26.5. The Labute approximate surface area is 192 Å². The minimum absolute atomic E-state index is 0. The fraction of sp³-hybridized carbons (Fsp3) is 0.182. The molecule has 1 N–H and O–H groups in total. The highest BCUT2D eigenvalue weighted by Gasteiger charge is 2.23. The first-order valence-electron chi connectivity index (χ1n) is 9.66. The van der Waals surface area contributed by atoms with Crippen LogP contribution in [0.2, 0.25) is 0 Å². The molecule has 0 atom stereocenters. The predicted octanol–water partition coefficient (Wildman–Crippen LogP) is 4.79. The van der Waals surface area contributed by atoms with Gasteiger partial charge in [-0.2, -0.15) is 0 Å². The minimum Gasteiger partial charge on any atom is -0.349 e. The number of carbonyl (C=O) groups excluding carboxylic acids is 1. The van der Waals surface area contributed by atoms with Crippen molar-refractivity contribution in [2.75, 3.05) is 23.3 Å². The molecule has 2 aromatic heterocycles. The molecule has 1 aliphatic heterocycles. The van der Waals surface area contributed by atoms with Gasteiger partial charge < -0.3 is 10.2 Å². The van der Waals surface area contributed by atoms with E-state index in [9.17, 15) is 22.4 Å². The Hall–Kier alpha value is -3.53. The van der Waals surface area contributed by atoms with Crippen molar-refractivity contribution in [1.82, 2.24) is 15.0 Å². The summed E-state index contributed by atoms with van der Waals surface area (Å²) in [7, 11) is 0. The predicted molar refractivity (Wildman–Crippen MR) is 117 cm³/mol. The molecule has 3 heterocycles. The maximum atomic E-state index is 14.1. The van der Waals surface area contributed by atoms with Gasteiger partial charge in [-0.3, -0.25) is 9.78 Å². The summed E-state index contributed by atoms with van der Waals surface area (Å²) >= 11 is 0. The van der Waals surface area contributed by atoms with Gasteiger partial charge >= 0.3 is 0 Å². The molecular formula is C22H18ClF4N5O. The van der Waals surface area contributed by atoms with E-state index in [1.165, 1.54) is 30.7 Å². The van der Waals surface area contributed by atoms with Gasteiger partial charge in [0.2, 0.25) is 0 Å². The van der Waals surface area contributed by atoms with E-state index in [0.717, 1.165) is 11.1 Å². The number of hydrogen-bond acceptors (Lipinski definition) is 5. The van der Waals surface area contributed by atoms with Gasteiger partial charge in [0.25, 0.3) is 5.91 Å². The molecule has 1 aromatic carbocycles. The third-order valence-corrected chi connectivity index (χ3v) is 5.10. The van der Waals surface area contributed by atoms with Crippen LogP contribution in [-0.2, 0) is 0 Å². The molecule has 0 spiro atoms. The summed E-state index contributed by atoms with van der Waals surface area (Å²) in [6, 6.07) is 3.70. The minimum atomic E-state index is -1.32. The van der Waals surface area contributed by atoms with Gasteiger partial charge in [-0.15, -0.1) is 12.4 Å². The number of nitrogens with one attached hydrogen (secondary N) is 1. The normalized spacial score (nSPS) is 13.5. The molecule has 0 fully saturated rings. The molecule has 0 radical (unpaired) electrons. The second kappa shape index (κ2) is 9.95. The number of benzene rings is 1. The molecule has 1 aliphatic rings. The zero-order valence-corrected chi connectivity index (χ0v) is 18.1. The molecule has 0 unspecified atom stereocenters. The van der Waals surface area contributed by atoms with Crippen molar-refractivity contribution in [1.29, 1.82) is 0 Å². The maximum absolute atomic E-state index is 14.1. The fourth-order valence-electron chi connectivity index (χ4n) is 3.44. The van der Waals surface area contributed by atoms with Crippen molar-refractivity contribution in [2.45, 2.75) is 13.3 Å². The van der Waals surface area contributed by atoms with E-state index in [4.69, 9.17) is 0 Å². The van der Waals surface area contributed by atoms with Crippen LogP contribution in [0.4, 0.5) is 29.2 Å². The second-order valence-electron chi connectivity index (χ2n) is 7.22. The number of pyridine rings is 1. The zero-order chi connectivity index (χ0) is 22.8. The number of halogens is 5. The average Bonchev–Trinajstić information content (AvgIpc) is 2.74. The second-order valence-corrected chi connectivity index (χ2v) is 7.22. The highest BCUT2D eigenvalue weighted by Crippen LogP contribution is 2.29. The monoisotopic (exact) mass is 479 g/mol. The Morgan fingerprint density at radius 2 is 1.76 bits per heavy atom. The quantitative estimate of drug-likeness (QED) is 0.545. The average molecular weight is 480 g/mol. The van der Waals surface area contributed by atoms with Crippen LogP contribution in [0, 0.1) is 23.3 Å². The number of aromatic nitrogens is 3. The van der Waals surface area contributed by atoms with E-state index in [2.05, 4.69) is 20.3 Å². The standard InChI is InChI=1S/C22H17F4N5O.ClH/c1-12-4-6-31(21-15(24)3-2-5-27-21)11-14(12)18-9-29-19(10-28-18)30-22(32)20-16(25)7-13(23)8-17(20)26;/h2-3,5,7-10H,4,6,11H2,1H3,(H,29,30,32);1H. The highest BCUT2D eigenvalue weighted by molar-refractivity contribution is 6.04. The molecule has 4 rings (SSSR count). The molecule has 33 heavy (non-hydrogen) atoms. The summed E-state index contributed by atoms with van der Waals surface area (Å²) in [5, 5.41) is 2.24. The number of carbonyl (C=O) groups is 1. The topological polar surface area (TPSA) is 71.0 Å². The maximum Gasteiger partial charge on any atom is 0.262 e. The van der Waals surface area contributed by atoms with Gasteiger partial charge in [0.15, 0.2) is 17.5 Å². The fourth-order valence-corrected chi connectivity index (χ4v) is 3.44. The van der Waals surface area contributed by atoms with Gasteiger partial charge in [0.1, 0.15) is 23.0 Å². The molecule has 0 saturated heterocycles. The number of amides is 1. The van der Waals surface area contributed by atoms with Crippen LogP contribution in [-0.4, -0.2) is 33.9 Å². The number of nitrogens with zero attached hydrogens (tertiary/aromatic N) is 4. The first-order chi connectivity index (χ1) is 15.3. The molecule has 0 aliphatic carbocycles. The van der Waals surface area contributed by atoms with Crippen LogP contribution in [0.25, 0.3) is 5.57 Å². The molecule has 1 amide bonds. The Morgan fingerprint density at radius 3 is 2.39 bits per heavy atom. The summed E-state index contributed by atoms with van der Waals surface area (Å²) < 4.78 is 54.8. The summed E-state index contributed by atoms with van der Waals surface area (Å²) in [6.07, 6.45) is 4.85. The Balaban J connectivity index is 0.00000306. The van der Waals surface area contributed by atoms with Crippen LogP contribution in [0.15, 0.2) is 48.4 Å². The van der Waals surface area contributed by atoms with Crippen molar-refractivity contribution >= 4 is 35.5 Å². The lowest BCUT2D eigenvalue weighted by molar-refractivity contribution is 0.101. The highest BCUT2D eigenvalue weighted by atomic mass is 35.5. The Morgan fingerprint density at radius 1 is 1.03 bits per heavy atom. The number of rotatable bonds is 4. The van der Waals surface area contributed by atoms with Gasteiger partial charge in [0.05, 0.1) is 18.1 Å². The van der Waals surface area contributed by atoms with Gasteiger partial charge in [0, 0.05) is 31.4 Å². The molecule has 0 saturated carbocycles. The SMILES string of the molecule is CC1=C(c2cnc(NC(=O)c3c(F)cc(F)cc3F)cn2)CN(c2ncccc2F)CC1.Cl. The van der Waals surface area contributed by atoms with Gasteiger partial charge in [-0.05, 0) is 31.1 Å². The molecular weight excluding hydrogens is 462 g/mol. The van der Waals surface area contributed by atoms with Crippen molar-refractivity contribution in [3.63, 3.8) is 0 Å². The lowest BCUT2D eigenvalue weighted by Crippen LogP contribution is -2.32. The third kappa shape index (κ3) is 5.11. The first-order valence-corrected chi connectivity index (χ1v) is 9.66. The van der Waals surface area contributed by atoms with Crippen LogP contribution in [0.1, 0.15) is 29.4 Å². The van der Waals surface area contributed by atoms with Crippen molar-refractivity contribution in [3.05, 3.63) is 83.0 Å². The smallest absolute Gasteiger partial charge is 0.262 e. The number of hydrogen-bond donors (Lipinski definition) is 1. The van der Waals surface area contributed by atoms with E-state index in [-0.39, 0.29) is 24.0 Å². The van der Waals surface area contributed by atoms with Crippen LogP contribution >= 0.6 is 12.4 Å². The van der Waals surface area contributed by atoms with E-state index in [1.807, 2.05) is 6.92 Å². The zero-order valence-electron chi connectivity index (χ0n) is 17.3. The largest absolute Gasteiger partial charge is 0.349 e. The van der Waals surface area contributed by atoms with Crippen molar-refractivity contribution in [2.24, 2.45) is 0 Å². The summed E-state index contributed by atoms with van der Waals surface area (Å²) in [5.41, 5.74) is 1.48. The first kappa shape index (κ1) is 24.1. The summed E-state index contributed by atoms with van der Waals surface area (Å²) in [6.45, 7) is 2.91. The van der Waals surface area contributed by atoms with Gasteiger partial charge in [-0.25, -0.2) is 27.5 Å². The molecule has 3 aromatic rings. The molecule has 11 heteroatoms. The third-order valence-electron chi connectivity index (χ3n) is 5.10. The van der Waals surface area contributed by atoms with Crippen LogP contribution in [0.3, 0.4) is 0 Å². The molecule has 0 bridgehead atoms. The Kier molecular flexibility index (Phi) is 7.27. The number of anilines is 2. The Bertz CT molecular complexity index is 1200. The van der Waals surface area contributed by atoms with Gasteiger partial charge in [-0.1, -0.05) is 5.57 Å². The lowest BCUT2D eigenvalue weighted by atomic mass is 9.99.